The number of ether oxygens (including phenoxy) is 2. The Kier molecular flexibility index (Phi) is 5.81. The van der Waals surface area contributed by atoms with E-state index in [1.165, 1.54) is 19.1 Å². The summed E-state index contributed by atoms with van der Waals surface area (Å²) in [5, 5.41) is 2.60. The largest absolute Gasteiger partial charge is 0.419 e. The average molecular weight is 375 g/mol. The van der Waals surface area contributed by atoms with Crippen molar-refractivity contribution in [3.8, 4) is 11.5 Å². The molecule has 0 aromatic heterocycles. The molecule has 1 amide bonds. The van der Waals surface area contributed by atoms with Crippen LogP contribution in [-0.4, -0.2) is 17.8 Å². The van der Waals surface area contributed by atoms with Crippen molar-refractivity contribution in [3.05, 3.63) is 90.0 Å². The molecule has 1 N–H and O–H groups in total. The highest BCUT2D eigenvalue weighted by atomic mass is 16.6. The van der Waals surface area contributed by atoms with Gasteiger partial charge in [-0.25, -0.2) is 9.59 Å². The number of rotatable bonds is 5. The van der Waals surface area contributed by atoms with Crippen molar-refractivity contribution in [2.45, 2.75) is 6.92 Å². The van der Waals surface area contributed by atoms with Crippen molar-refractivity contribution in [1.82, 2.24) is 0 Å². The molecule has 0 atom stereocenters. The molecule has 0 saturated carbocycles. The third-order valence-corrected chi connectivity index (χ3v) is 3.69. The zero-order valence-corrected chi connectivity index (χ0v) is 15.0. The lowest BCUT2D eigenvalue weighted by molar-refractivity contribution is -0.114. The number of hydrogen-bond donors (Lipinski definition) is 1. The third-order valence-electron chi connectivity index (χ3n) is 3.69. The molecule has 6 heteroatoms. The van der Waals surface area contributed by atoms with Crippen molar-refractivity contribution < 1.29 is 23.9 Å². The lowest BCUT2D eigenvalue weighted by Gasteiger charge is -2.12. The van der Waals surface area contributed by atoms with Gasteiger partial charge >= 0.3 is 11.9 Å². The van der Waals surface area contributed by atoms with E-state index in [0.717, 1.165) is 0 Å². The topological polar surface area (TPSA) is 81.7 Å². The standard InChI is InChI=1S/C22H17NO5/c1-15(24)23-18-12-13-19(27-21(25)16-8-4-2-5-9-16)20(14-18)28-22(26)17-10-6-3-7-11-17/h2-14H,1H3,(H,23,24). The van der Waals surface area contributed by atoms with Crippen LogP contribution in [-0.2, 0) is 4.79 Å². The van der Waals surface area contributed by atoms with Crippen molar-refractivity contribution in [2.75, 3.05) is 5.32 Å². The first kappa shape index (κ1) is 18.8. The SMILES string of the molecule is CC(=O)Nc1ccc(OC(=O)c2ccccc2)c(OC(=O)c2ccccc2)c1. The van der Waals surface area contributed by atoms with Crippen molar-refractivity contribution in [2.24, 2.45) is 0 Å². The van der Waals surface area contributed by atoms with Crippen LogP contribution in [0.1, 0.15) is 27.6 Å². The van der Waals surface area contributed by atoms with E-state index in [2.05, 4.69) is 5.32 Å². The predicted octanol–water partition coefficient (Wildman–Crippen LogP) is 4.08. The number of anilines is 1. The highest BCUT2D eigenvalue weighted by molar-refractivity contribution is 5.94. The lowest BCUT2D eigenvalue weighted by Crippen LogP contribution is -2.13. The van der Waals surface area contributed by atoms with Crippen LogP contribution in [0.3, 0.4) is 0 Å². The molecule has 0 radical (unpaired) electrons. The second-order valence-electron chi connectivity index (χ2n) is 5.85. The summed E-state index contributed by atoms with van der Waals surface area (Å²) < 4.78 is 10.8. The molecule has 0 saturated heterocycles. The van der Waals surface area contributed by atoms with Gasteiger partial charge in [-0.2, -0.15) is 0 Å². The number of hydrogen-bond acceptors (Lipinski definition) is 5. The molecule has 6 nitrogen and oxygen atoms in total. The van der Waals surface area contributed by atoms with Crippen molar-refractivity contribution >= 4 is 23.5 Å². The minimum atomic E-state index is -0.613. The monoisotopic (exact) mass is 375 g/mol. The van der Waals surface area contributed by atoms with Crippen molar-refractivity contribution in [3.63, 3.8) is 0 Å². The summed E-state index contributed by atoms with van der Waals surface area (Å²) in [4.78, 5) is 36.1. The smallest absolute Gasteiger partial charge is 0.343 e. The minimum Gasteiger partial charge on any atom is -0.419 e. The Morgan fingerprint density at radius 3 is 1.68 bits per heavy atom. The molecule has 3 aromatic rings. The second kappa shape index (κ2) is 8.64. The minimum absolute atomic E-state index is 0.0179. The maximum absolute atomic E-state index is 12.4. The Morgan fingerprint density at radius 1 is 0.679 bits per heavy atom. The van der Waals surface area contributed by atoms with Gasteiger partial charge in [0.1, 0.15) is 0 Å². The molecular formula is C22H17NO5. The first-order valence-electron chi connectivity index (χ1n) is 8.49. The number of nitrogens with one attached hydrogen (secondary N) is 1. The van der Waals surface area contributed by atoms with Gasteiger partial charge in [-0.1, -0.05) is 36.4 Å². The highest BCUT2D eigenvalue weighted by Gasteiger charge is 2.17. The molecule has 28 heavy (non-hydrogen) atoms. The molecule has 0 aliphatic heterocycles. The van der Waals surface area contributed by atoms with Crippen LogP contribution in [0.15, 0.2) is 78.9 Å². The maximum Gasteiger partial charge on any atom is 0.343 e. The van der Waals surface area contributed by atoms with E-state index < -0.39 is 11.9 Å². The highest BCUT2D eigenvalue weighted by Crippen LogP contribution is 2.32. The van der Waals surface area contributed by atoms with Gasteiger partial charge in [-0.05, 0) is 36.4 Å². The fourth-order valence-electron chi connectivity index (χ4n) is 2.42. The molecule has 140 valence electrons. The molecule has 0 spiro atoms. The van der Waals surface area contributed by atoms with E-state index in [1.54, 1.807) is 66.7 Å². The summed E-state index contributed by atoms with van der Waals surface area (Å²) in [6.45, 7) is 1.36. The Balaban J connectivity index is 1.89. The van der Waals surface area contributed by atoms with E-state index in [9.17, 15) is 14.4 Å². The summed E-state index contributed by atoms with van der Waals surface area (Å²) in [7, 11) is 0. The van der Waals surface area contributed by atoms with Gasteiger partial charge in [-0.3, -0.25) is 4.79 Å². The number of esters is 2. The van der Waals surface area contributed by atoms with Gasteiger partial charge in [-0.15, -0.1) is 0 Å². The van der Waals surface area contributed by atoms with E-state index >= 15 is 0 Å². The van der Waals surface area contributed by atoms with Gasteiger partial charge in [0.15, 0.2) is 11.5 Å². The average Bonchev–Trinajstić information content (AvgIpc) is 2.70. The summed E-state index contributed by atoms with van der Waals surface area (Å²) >= 11 is 0. The summed E-state index contributed by atoms with van der Waals surface area (Å²) in [6, 6.07) is 21.3. The lowest BCUT2D eigenvalue weighted by atomic mass is 10.2. The molecule has 0 bridgehead atoms. The van der Waals surface area contributed by atoms with Gasteiger partial charge in [0.05, 0.1) is 11.1 Å². The molecule has 3 rings (SSSR count). The zero-order chi connectivity index (χ0) is 19.9. The number of benzene rings is 3. The number of carbonyl (C=O) groups is 3. The van der Waals surface area contributed by atoms with E-state index in [4.69, 9.17) is 9.47 Å². The Labute approximate surface area is 161 Å². The Bertz CT molecular complexity index is 1000. The fraction of sp³-hybridized carbons (Fsp3) is 0.0455. The molecule has 0 heterocycles. The predicted molar refractivity (Wildman–Crippen MR) is 104 cm³/mol. The van der Waals surface area contributed by atoms with Crippen LogP contribution < -0.4 is 14.8 Å². The number of amides is 1. The normalized spacial score (nSPS) is 10.0. The zero-order valence-electron chi connectivity index (χ0n) is 15.0. The van der Waals surface area contributed by atoms with E-state index in [1.807, 2.05) is 0 Å². The second-order valence-corrected chi connectivity index (χ2v) is 5.85. The molecule has 0 fully saturated rings. The van der Waals surface area contributed by atoms with Crippen LogP contribution in [0.5, 0.6) is 11.5 Å². The maximum atomic E-state index is 12.4. The first-order valence-corrected chi connectivity index (χ1v) is 8.49. The summed E-state index contributed by atoms with van der Waals surface area (Å²) in [6.07, 6.45) is 0. The van der Waals surface area contributed by atoms with Crippen LogP contribution in [0.4, 0.5) is 5.69 Å². The van der Waals surface area contributed by atoms with Gasteiger partial charge in [0.25, 0.3) is 0 Å². The van der Waals surface area contributed by atoms with E-state index in [-0.39, 0.29) is 17.4 Å². The number of carbonyl (C=O) groups excluding carboxylic acids is 3. The Hall–Kier alpha value is -3.93. The van der Waals surface area contributed by atoms with Crippen LogP contribution in [0.2, 0.25) is 0 Å². The van der Waals surface area contributed by atoms with Crippen LogP contribution in [0.25, 0.3) is 0 Å². The quantitative estimate of drug-likeness (QED) is 0.537. The summed E-state index contributed by atoms with van der Waals surface area (Å²) in [5.41, 5.74) is 1.10. The fourth-order valence-corrected chi connectivity index (χ4v) is 2.42. The van der Waals surface area contributed by atoms with Gasteiger partial charge in [0, 0.05) is 18.7 Å². The van der Waals surface area contributed by atoms with Crippen LogP contribution in [0, 0.1) is 0 Å². The van der Waals surface area contributed by atoms with Crippen LogP contribution >= 0.6 is 0 Å². The van der Waals surface area contributed by atoms with E-state index in [0.29, 0.717) is 16.8 Å². The molecule has 0 aliphatic carbocycles. The first-order chi connectivity index (χ1) is 13.5. The third kappa shape index (κ3) is 4.82. The molecule has 3 aromatic carbocycles. The van der Waals surface area contributed by atoms with Crippen molar-refractivity contribution in [1.29, 1.82) is 0 Å². The molecule has 0 unspecified atom stereocenters. The van der Waals surface area contributed by atoms with Gasteiger partial charge in [0.2, 0.25) is 5.91 Å². The molecule has 0 aliphatic rings. The molecular weight excluding hydrogens is 358 g/mol. The van der Waals surface area contributed by atoms with Gasteiger partial charge < -0.3 is 14.8 Å². The summed E-state index contributed by atoms with van der Waals surface area (Å²) in [5.74, 6) is -1.41. The Morgan fingerprint density at radius 2 is 1.18 bits per heavy atom.